The Labute approximate surface area is 106 Å². The summed E-state index contributed by atoms with van der Waals surface area (Å²) >= 11 is 1.78. The van der Waals surface area contributed by atoms with Gasteiger partial charge in [0, 0.05) is 24.0 Å². The Morgan fingerprint density at radius 3 is 2.65 bits per heavy atom. The zero-order valence-corrected chi connectivity index (χ0v) is 10.6. The van der Waals surface area contributed by atoms with E-state index in [1.807, 2.05) is 6.07 Å². The van der Waals surface area contributed by atoms with Crippen molar-refractivity contribution >= 4 is 11.3 Å². The third kappa shape index (κ3) is 4.30. The molecule has 90 valence electrons. The van der Waals surface area contributed by atoms with Gasteiger partial charge in [0.2, 0.25) is 0 Å². The molecule has 0 amide bonds. The van der Waals surface area contributed by atoms with Crippen molar-refractivity contribution in [1.29, 1.82) is 0 Å². The van der Waals surface area contributed by atoms with Crippen molar-refractivity contribution in [2.75, 3.05) is 6.54 Å². The topological polar surface area (TPSA) is 38.0 Å². The van der Waals surface area contributed by atoms with E-state index in [1.54, 1.807) is 11.3 Å². The highest BCUT2D eigenvalue weighted by Crippen LogP contribution is 2.07. The van der Waals surface area contributed by atoms with Crippen molar-refractivity contribution in [1.82, 2.24) is 5.32 Å². The monoisotopic (exact) mass is 246 g/mol. The zero-order chi connectivity index (χ0) is 11.9. The number of hydrogen-bond acceptors (Lipinski definition) is 3. The lowest BCUT2D eigenvalue weighted by molar-refractivity contribution is 0.576. The molecule has 0 saturated carbocycles. The van der Waals surface area contributed by atoms with E-state index in [1.165, 1.54) is 10.4 Å². The molecule has 1 aromatic heterocycles. The molecular weight excluding hydrogens is 228 g/mol. The second kappa shape index (κ2) is 6.55. The van der Waals surface area contributed by atoms with Gasteiger partial charge in [0.05, 0.1) is 0 Å². The molecule has 1 heterocycles. The fraction of sp³-hybridized carbons (Fsp3) is 0.286. The number of hydrogen-bond donors (Lipinski definition) is 2. The van der Waals surface area contributed by atoms with E-state index in [4.69, 9.17) is 5.73 Å². The molecule has 2 rings (SSSR count). The highest BCUT2D eigenvalue weighted by Gasteiger charge is 2.03. The first-order valence-electron chi connectivity index (χ1n) is 5.87. The number of rotatable bonds is 6. The maximum atomic E-state index is 6.09. The van der Waals surface area contributed by atoms with Crippen LogP contribution in [0.5, 0.6) is 0 Å². The van der Waals surface area contributed by atoms with Crippen molar-refractivity contribution in [2.45, 2.75) is 19.0 Å². The lowest BCUT2D eigenvalue weighted by atomic mass is 10.1. The Morgan fingerprint density at radius 1 is 1.12 bits per heavy atom. The third-order valence-electron chi connectivity index (χ3n) is 2.63. The van der Waals surface area contributed by atoms with Crippen LogP contribution in [0.2, 0.25) is 0 Å². The molecule has 0 fully saturated rings. The van der Waals surface area contributed by atoms with E-state index in [0.717, 1.165) is 19.5 Å². The van der Waals surface area contributed by atoms with E-state index >= 15 is 0 Å². The molecule has 1 aromatic carbocycles. The van der Waals surface area contributed by atoms with Crippen LogP contribution in [-0.2, 0) is 13.0 Å². The van der Waals surface area contributed by atoms with E-state index < -0.39 is 0 Å². The van der Waals surface area contributed by atoms with Crippen LogP contribution in [0.3, 0.4) is 0 Å². The fourth-order valence-corrected chi connectivity index (χ4v) is 2.46. The average molecular weight is 246 g/mol. The van der Waals surface area contributed by atoms with Crippen LogP contribution in [0, 0.1) is 0 Å². The minimum Gasteiger partial charge on any atom is -0.326 e. The first-order valence-corrected chi connectivity index (χ1v) is 6.75. The Balaban J connectivity index is 1.69. The predicted octanol–water partition coefficient (Wildman–Crippen LogP) is 2.41. The van der Waals surface area contributed by atoms with Gasteiger partial charge in [-0.2, -0.15) is 0 Å². The summed E-state index contributed by atoms with van der Waals surface area (Å²) in [4.78, 5) is 1.36. The SMILES string of the molecule is NC(CNCc1cccs1)Cc1ccccc1. The first-order chi connectivity index (χ1) is 8.34. The quantitative estimate of drug-likeness (QED) is 0.821. The number of benzene rings is 1. The molecule has 0 bridgehead atoms. The molecule has 0 aliphatic heterocycles. The molecule has 0 radical (unpaired) electrons. The van der Waals surface area contributed by atoms with Crippen LogP contribution in [0.15, 0.2) is 47.8 Å². The molecule has 1 atom stereocenters. The van der Waals surface area contributed by atoms with Gasteiger partial charge in [0.15, 0.2) is 0 Å². The van der Waals surface area contributed by atoms with Crippen molar-refractivity contribution in [3.63, 3.8) is 0 Å². The zero-order valence-electron chi connectivity index (χ0n) is 9.80. The Kier molecular flexibility index (Phi) is 4.74. The van der Waals surface area contributed by atoms with Gasteiger partial charge in [-0.25, -0.2) is 0 Å². The molecule has 2 aromatic rings. The maximum Gasteiger partial charge on any atom is 0.0300 e. The van der Waals surface area contributed by atoms with Crippen molar-refractivity contribution in [3.05, 3.63) is 58.3 Å². The van der Waals surface area contributed by atoms with Gasteiger partial charge in [-0.15, -0.1) is 11.3 Å². The summed E-state index contributed by atoms with van der Waals surface area (Å²) in [5.74, 6) is 0. The van der Waals surface area contributed by atoms with E-state index in [-0.39, 0.29) is 6.04 Å². The highest BCUT2D eigenvalue weighted by molar-refractivity contribution is 7.09. The molecule has 3 N–H and O–H groups in total. The minimum absolute atomic E-state index is 0.178. The van der Waals surface area contributed by atoms with Gasteiger partial charge in [-0.1, -0.05) is 36.4 Å². The fourth-order valence-electron chi connectivity index (χ4n) is 1.78. The van der Waals surface area contributed by atoms with Gasteiger partial charge >= 0.3 is 0 Å². The Hall–Kier alpha value is -1.16. The van der Waals surface area contributed by atoms with Crippen LogP contribution in [0.1, 0.15) is 10.4 Å². The van der Waals surface area contributed by atoms with E-state index in [2.05, 4.69) is 47.1 Å². The summed E-state index contributed by atoms with van der Waals surface area (Å²) in [6.07, 6.45) is 0.929. The summed E-state index contributed by atoms with van der Waals surface area (Å²) in [5, 5.41) is 5.49. The lowest BCUT2D eigenvalue weighted by Crippen LogP contribution is -2.35. The summed E-state index contributed by atoms with van der Waals surface area (Å²) in [7, 11) is 0. The summed E-state index contributed by atoms with van der Waals surface area (Å²) < 4.78 is 0. The predicted molar refractivity (Wildman–Crippen MR) is 74.1 cm³/mol. The molecule has 17 heavy (non-hydrogen) atoms. The van der Waals surface area contributed by atoms with Crippen LogP contribution < -0.4 is 11.1 Å². The van der Waals surface area contributed by atoms with Crippen LogP contribution in [0.4, 0.5) is 0 Å². The largest absolute Gasteiger partial charge is 0.326 e. The summed E-state index contributed by atoms with van der Waals surface area (Å²) in [6.45, 7) is 1.77. The molecule has 3 heteroatoms. The molecule has 0 spiro atoms. The molecule has 0 aliphatic rings. The maximum absolute atomic E-state index is 6.09. The molecule has 2 nitrogen and oxygen atoms in total. The molecular formula is C14H18N2S. The van der Waals surface area contributed by atoms with Gasteiger partial charge in [0.25, 0.3) is 0 Å². The van der Waals surface area contributed by atoms with E-state index in [9.17, 15) is 0 Å². The second-order valence-electron chi connectivity index (χ2n) is 4.16. The lowest BCUT2D eigenvalue weighted by Gasteiger charge is -2.12. The normalized spacial score (nSPS) is 12.5. The standard InChI is InChI=1S/C14H18N2S/c15-13(9-12-5-2-1-3-6-12)10-16-11-14-7-4-8-17-14/h1-8,13,16H,9-11,15H2. The average Bonchev–Trinajstić information content (AvgIpc) is 2.83. The van der Waals surface area contributed by atoms with Gasteiger partial charge in [-0.05, 0) is 23.4 Å². The van der Waals surface area contributed by atoms with Crippen molar-refractivity contribution in [3.8, 4) is 0 Å². The molecule has 0 saturated heterocycles. The number of thiophene rings is 1. The van der Waals surface area contributed by atoms with Gasteiger partial charge in [-0.3, -0.25) is 0 Å². The van der Waals surface area contributed by atoms with Crippen molar-refractivity contribution < 1.29 is 0 Å². The minimum atomic E-state index is 0.178. The van der Waals surface area contributed by atoms with E-state index in [0.29, 0.717) is 0 Å². The Morgan fingerprint density at radius 2 is 1.94 bits per heavy atom. The second-order valence-corrected chi connectivity index (χ2v) is 5.19. The molecule has 1 unspecified atom stereocenters. The van der Waals surface area contributed by atoms with Crippen molar-refractivity contribution in [2.24, 2.45) is 5.73 Å². The number of nitrogens with one attached hydrogen (secondary N) is 1. The smallest absolute Gasteiger partial charge is 0.0300 e. The third-order valence-corrected chi connectivity index (χ3v) is 3.50. The van der Waals surface area contributed by atoms with Crippen LogP contribution in [-0.4, -0.2) is 12.6 Å². The highest BCUT2D eigenvalue weighted by atomic mass is 32.1. The Bertz CT molecular complexity index is 411. The van der Waals surface area contributed by atoms with Gasteiger partial charge in [0.1, 0.15) is 0 Å². The summed E-state index contributed by atoms with van der Waals surface area (Å²) in [6, 6.07) is 14.8. The van der Waals surface area contributed by atoms with Crippen LogP contribution in [0.25, 0.3) is 0 Å². The first kappa shape index (κ1) is 12.3. The summed E-state index contributed by atoms with van der Waals surface area (Å²) in [5.41, 5.74) is 7.39. The van der Waals surface area contributed by atoms with Crippen LogP contribution >= 0.6 is 11.3 Å². The van der Waals surface area contributed by atoms with Gasteiger partial charge < -0.3 is 11.1 Å². The molecule has 0 aliphatic carbocycles. The number of nitrogens with two attached hydrogens (primary N) is 1.